The van der Waals surface area contributed by atoms with Gasteiger partial charge in [-0.2, -0.15) is 0 Å². The fourth-order valence-electron chi connectivity index (χ4n) is 2.86. The molecule has 0 aliphatic rings. The molecule has 0 aliphatic heterocycles. The average molecular weight is 408 g/mol. The SMILES string of the molecule is CCCN(CC(=O)Nc1ccc(F)c(F)c1F)C(=O)CCc1ccccc1OC. The number of amides is 2. The van der Waals surface area contributed by atoms with E-state index >= 15 is 0 Å². The van der Waals surface area contributed by atoms with Crippen molar-refractivity contribution < 1.29 is 27.5 Å². The first kappa shape index (κ1) is 22.3. The van der Waals surface area contributed by atoms with Crippen LogP contribution in [0.5, 0.6) is 5.75 Å². The normalized spacial score (nSPS) is 10.5. The summed E-state index contributed by atoms with van der Waals surface area (Å²) in [7, 11) is 1.55. The highest BCUT2D eigenvalue weighted by molar-refractivity contribution is 5.94. The summed E-state index contributed by atoms with van der Waals surface area (Å²) in [4.78, 5) is 26.1. The minimum atomic E-state index is -1.67. The highest BCUT2D eigenvalue weighted by atomic mass is 19.2. The van der Waals surface area contributed by atoms with E-state index in [-0.39, 0.29) is 18.9 Å². The number of nitrogens with one attached hydrogen (secondary N) is 1. The third kappa shape index (κ3) is 5.97. The van der Waals surface area contributed by atoms with Gasteiger partial charge in [-0.25, -0.2) is 13.2 Å². The van der Waals surface area contributed by atoms with E-state index < -0.39 is 29.0 Å². The summed E-state index contributed by atoms with van der Waals surface area (Å²) < 4.78 is 45.3. The van der Waals surface area contributed by atoms with Crippen molar-refractivity contribution in [3.63, 3.8) is 0 Å². The number of halogens is 3. The lowest BCUT2D eigenvalue weighted by Crippen LogP contribution is -2.38. The molecule has 2 aromatic rings. The number of para-hydroxylation sites is 1. The van der Waals surface area contributed by atoms with Crippen LogP contribution < -0.4 is 10.1 Å². The second kappa shape index (κ2) is 10.5. The van der Waals surface area contributed by atoms with Crippen molar-refractivity contribution in [1.29, 1.82) is 0 Å². The topological polar surface area (TPSA) is 58.6 Å². The van der Waals surface area contributed by atoms with Crippen LogP contribution in [-0.2, 0) is 16.0 Å². The van der Waals surface area contributed by atoms with Crippen LogP contribution in [0.1, 0.15) is 25.3 Å². The van der Waals surface area contributed by atoms with Crippen LogP contribution in [0, 0.1) is 17.5 Å². The Morgan fingerprint density at radius 3 is 2.48 bits per heavy atom. The van der Waals surface area contributed by atoms with Gasteiger partial charge in [0.25, 0.3) is 0 Å². The number of methoxy groups -OCH3 is 1. The van der Waals surface area contributed by atoms with Crippen molar-refractivity contribution in [1.82, 2.24) is 4.90 Å². The molecule has 0 unspecified atom stereocenters. The Morgan fingerprint density at radius 2 is 1.79 bits per heavy atom. The van der Waals surface area contributed by atoms with E-state index in [1.54, 1.807) is 13.2 Å². The number of nitrogens with zero attached hydrogens (tertiary/aromatic N) is 1. The van der Waals surface area contributed by atoms with Crippen molar-refractivity contribution in [3.8, 4) is 5.75 Å². The van der Waals surface area contributed by atoms with Gasteiger partial charge in [-0.3, -0.25) is 9.59 Å². The monoisotopic (exact) mass is 408 g/mol. The van der Waals surface area contributed by atoms with Gasteiger partial charge in [-0.05, 0) is 36.6 Å². The second-order valence-corrected chi connectivity index (χ2v) is 6.40. The second-order valence-electron chi connectivity index (χ2n) is 6.40. The fraction of sp³-hybridized carbons (Fsp3) is 0.333. The van der Waals surface area contributed by atoms with E-state index in [4.69, 9.17) is 4.74 Å². The van der Waals surface area contributed by atoms with E-state index in [1.165, 1.54) is 4.90 Å². The predicted molar refractivity (Wildman–Crippen MR) is 103 cm³/mol. The van der Waals surface area contributed by atoms with Crippen LogP contribution in [0.4, 0.5) is 18.9 Å². The number of ether oxygens (including phenoxy) is 1. The summed E-state index contributed by atoms with van der Waals surface area (Å²) in [5.74, 6) is -4.77. The number of hydrogen-bond donors (Lipinski definition) is 1. The summed E-state index contributed by atoms with van der Waals surface area (Å²) in [5, 5.41) is 2.18. The summed E-state index contributed by atoms with van der Waals surface area (Å²) in [6, 6.07) is 8.98. The molecule has 5 nitrogen and oxygen atoms in total. The van der Waals surface area contributed by atoms with Crippen LogP contribution in [0.25, 0.3) is 0 Å². The molecule has 156 valence electrons. The van der Waals surface area contributed by atoms with Crippen molar-refractivity contribution in [3.05, 3.63) is 59.4 Å². The molecule has 0 heterocycles. The largest absolute Gasteiger partial charge is 0.496 e. The first-order chi connectivity index (χ1) is 13.9. The molecule has 29 heavy (non-hydrogen) atoms. The third-order valence-corrected chi connectivity index (χ3v) is 4.29. The zero-order chi connectivity index (χ0) is 21.4. The zero-order valence-corrected chi connectivity index (χ0v) is 16.3. The van der Waals surface area contributed by atoms with Crippen molar-refractivity contribution in [2.24, 2.45) is 0 Å². The maximum atomic E-state index is 13.7. The quantitative estimate of drug-likeness (QED) is 0.640. The molecular weight excluding hydrogens is 385 g/mol. The van der Waals surface area contributed by atoms with E-state index in [0.717, 1.165) is 17.7 Å². The molecule has 1 N–H and O–H groups in total. The molecule has 0 aromatic heterocycles. The van der Waals surface area contributed by atoms with Gasteiger partial charge in [0.05, 0.1) is 19.3 Å². The minimum absolute atomic E-state index is 0.160. The predicted octanol–water partition coefficient (Wildman–Crippen LogP) is 3.92. The Morgan fingerprint density at radius 1 is 1.07 bits per heavy atom. The van der Waals surface area contributed by atoms with Gasteiger partial charge < -0.3 is 15.0 Å². The average Bonchev–Trinajstić information content (AvgIpc) is 2.72. The molecule has 2 rings (SSSR count). The molecule has 8 heteroatoms. The summed E-state index contributed by atoms with van der Waals surface area (Å²) in [6.45, 7) is 1.86. The molecule has 0 atom stereocenters. The summed E-state index contributed by atoms with van der Waals surface area (Å²) >= 11 is 0. The number of anilines is 1. The summed E-state index contributed by atoms with van der Waals surface area (Å²) in [5.41, 5.74) is 0.389. The van der Waals surface area contributed by atoms with Gasteiger partial charge in [-0.1, -0.05) is 25.1 Å². The Balaban J connectivity index is 2.00. The van der Waals surface area contributed by atoms with Crippen LogP contribution >= 0.6 is 0 Å². The third-order valence-electron chi connectivity index (χ3n) is 4.29. The first-order valence-corrected chi connectivity index (χ1v) is 9.20. The van der Waals surface area contributed by atoms with Crippen molar-refractivity contribution in [2.45, 2.75) is 26.2 Å². The Hall–Kier alpha value is -3.03. The minimum Gasteiger partial charge on any atom is -0.496 e. The highest BCUT2D eigenvalue weighted by Gasteiger charge is 2.19. The number of benzene rings is 2. The molecule has 0 aliphatic carbocycles. The maximum Gasteiger partial charge on any atom is 0.244 e. The molecule has 0 radical (unpaired) electrons. The number of hydrogen-bond acceptors (Lipinski definition) is 3. The van der Waals surface area contributed by atoms with Crippen molar-refractivity contribution in [2.75, 3.05) is 25.5 Å². The van der Waals surface area contributed by atoms with Crippen LogP contribution in [0.15, 0.2) is 36.4 Å². The van der Waals surface area contributed by atoms with Crippen molar-refractivity contribution >= 4 is 17.5 Å². The van der Waals surface area contributed by atoms with Gasteiger partial charge in [-0.15, -0.1) is 0 Å². The van der Waals surface area contributed by atoms with E-state index in [2.05, 4.69) is 5.32 Å². The van der Waals surface area contributed by atoms with Crippen LogP contribution in [-0.4, -0.2) is 36.9 Å². The summed E-state index contributed by atoms with van der Waals surface area (Å²) in [6.07, 6.45) is 1.21. The smallest absolute Gasteiger partial charge is 0.244 e. The number of aryl methyl sites for hydroxylation is 1. The van der Waals surface area contributed by atoms with Gasteiger partial charge in [0.15, 0.2) is 17.5 Å². The van der Waals surface area contributed by atoms with Gasteiger partial charge >= 0.3 is 0 Å². The first-order valence-electron chi connectivity index (χ1n) is 9.20. The zero-order valence-electron chi connectivity index (χ0n) is 16.3. The van der Waals surface area contributed by atoms with Gasteiger partial charge in [0.2, 0.25) is 11.8 Å². The molecule has 2 amide bonds. The standard InChI is InChI=1S/C21H23F3N2O3/c1-3-12-26(19(28)11-8-14-6-4-5-7-17(14)29-2)13-18(27)25-16-10-9-15(22)20(23)21(16)24/h4-7,9-10H,3,8,11-13H2,1-2H3,(H,25,27). The number of carbonyl (C=O) groups excluding carboxylic acids is 2. The fourth-order valence-corrected chi connectivity index (χ4v) is 2.86. The molecule has 0 bridgehead atoms. The molecule has 0 saturated carbocycles. The van der Waals surface area contributed by atoms with Crippen LogP contribution in [0.3, 0.4) is 0 Å². The maximum absolute atomic E-state index is 13.7. The Kier molecular flexibility index (Phi) is 8.06. The van der Waals surface area contributed by atoms with Crippen LogP contribution in [0.2, 0.25) is 0 Å². The van der Waals surface area contributed by atoms with E-state index in [9.17, 15) is 22.8 Å². The molecule has 0 fully saturated rings. The number of carbonyl (C=O) groups is 2. The lowest BCUT2D eigenvalue weighted by atomic mass is 10.1. The van der Waals surface area contributed by atoms with E-state index in [0.29, 0.717) is 25.1 Å². The van der Waals surface area contributed by atoms with E-state index in [1.807, 2.05) is 25.1 Å². The van der Waals surface area contributed by atoms with Gasteiger partial charge in [0.1, 0.15) is 5.75 Å². The molecule has 2 aromatic carbocycles. The lowest BCUT2D eigenvalue weighted by molar-refractivity contribution is -0.134. The molecule has 0 saturated heterocycles. The van der Waals surface area contributed by atoms with Gasteiger partial charge in [0, 0.05) is 13.0 Å². The molecular formula is C21H23F3N2O3. The Labute approximate surface area is 167 Å². The number of rotatable bonds is 9. The molecule has 0 spiro atoms. The lowest BCUT2D eigenvalue weighted by Gasteiger charge is -2.22. The highest BCUT2D eigenvalue weighted by Crippen LogP contribution is 2.20. The Bertz CT molecular complexity index is 874.